The second-order valence-corrected chi connectivity index (χ2v) is 10.8. The minimum absolute atomic E-state index is 0. The van der Waals surface area contributed by atoms with E-state index in [1.54, 1.807) is 18.4 Å². The number of nitrogens with zero attached hydrogens (tertiary/aromatic N) is 3. The Bertz CT molecular complexity index is 1800. The molecule has 0 saturated carbocycles. The molecule has 2 heterocycles. The van der Waals surface area contributed by atoms with Gasteiger partial charge in [0.15, 0.2) is 5.82 Å². The summed E-state index contributed by atoms with van der Waals surface area (Å²) in [5, 5.41) is 14.4. The van der Waals surface area contributed by atoms with Gasteiger partial charge in [-0.3, -0.25) is 18.9 Å². The second kappa shape index (κ2) is 13.6. The molecule has 0 spiro atoms. The van der Waals surface area contributed by atoms with Crippen LogP contribution >= 0.6 is 0 Å². The van der Waals surface area contributed by atoms with E-state index < -0.39 is 11.4 Å². The molecule has 0 atom stereocenters. The number of unbranched alkanes of at least 4 members (excludes halogenated alkanes) is 1. The van der Waals surface area contributed by atoms with E-state index in [0.29, 0.717) is 29.3 Å². The summed E-state index contributed by atoms with van der Waals surface area (Å²) in [4.78, 5) is 33.1. The first-order valence-electron chi connectivity index (χ1n) is 13.8. The molecule has 1 radical (unpaired) electrons. The molecule has 0 aliphatic carbocycles. The van der Waals surface area contributed by atoms with Crippen LogP contribution in [0.4, 0.5) is 0 Å². The molecular formula is C33H34KN4O4. The van der Waals surface area contributed by atoms with Crippen molar-refractivity contribution in [1.82, 2.24) is 19.7 Å². The van der Waals surface area contributed by atoms with Crippen molar-refractivity contribution in [3.05, 3.63) is 122 Å². The molecule has 42 heavy (non-hydrogen) atoms. The molecule has 0 aliphatic rings. The molecule has 9 heteroatoms. The predicted octanol–water partition coefficient (Wildman–Crippen LogP) is 5.33. The van der Waals surface area contributed by atoms with Gasteiger partial charge in [0.2, 0.25) is 0 Å². The fourth-order valence-corrected chi connectivity index (χ4v) is 5.07. The first kappa shape index (κ1) is 32.0. The van der Waals surface area contributed by atoms with Gasteiger partial charge < -0.3 is 5.11 Å². The van der Waals surface area contributed by atoms with E-state index in [1.807, 2.05) is 79.7 Å². The van der Waals surface area contributed by atoms with Crippen LogP contribution in [0.3, 0.4) is 0 Å². The Morgan fingerprint density at radius 3 is 2.33 bits per heavy atom. The Labute approximate surface area is 287 Å². The number of H-pyrrole nitrogens is 1. The first-order chi connectivity index (χ1) is 19.7. The van der Waals surface area contributed by atoms with E-state index in [4.69, 9.17) is 9.51 Å². The summed E-state index contributed by atoms with van der Waals surface area (Å²) >= 11 is 0. The summed E-state index contributed by atoms with van der Waals surface area (Å²) in [6.07, 6.45) is 3.11. The number of benzene rings is 3. The Hall–Kier alpha value is -2.92. The van der Waals surface area contributed by atoms with Gasteiger partial charge in [-0.15, -0.1) is 0 Å². The molecule has 5 aromatic rings. The van der Waals surface area contributed by atoms with Crippen molar-refractivity contribution in [2.75, 3.05) is 0 Å². The molecule has 2 N–H and O–H groups in total. The van der Waals surface area contributed by atoms with Gasteiger partial charge in [0.05, 0.1) is 17.0 Å². The van der Waals surface area contributed by atoms with Crippen LogP contribution in [0.2, 0.25) is 0 Å². The molecule has 0 bridgehead atoms. The van der Waals surface area contributed by atoms with Crippen molar-refractivity contribution in [2.45, 2.75) is 59.0 Å². The van der Waals surface area contributed by atoms with E-state index in [2.05, 4.69) is 17.1 Å². The molecule has 0 unspecified atom stereocenters. The monoisotopic (exact) mass is 589 g/mol. The van der Waals surface area contributed by atoms with Crippen molar-refractivity contribution in [1.29, 1.82) is 0 Å². The van der Waals surface area contributed by atoms with E-state index in [9.17, 15) is 14.7 Å². The van der Waals surface area contributed by atoms with Crippen LogP contribution in [0, 0.1) is 6.92 Å². The summed E-state index contributed by atoms with van der Waals surface area (Å²) in [6, 6.07) is 23.1. The molecule has 0 saturated heterocycles. The maximum Gasteiger partial charge on any atom is 0.439 e. The number of aromatic nitrogens is 4. The molecule has 211 valence electrons. The molecule has 0 amide bonds. The number of rotatable bonds is 9. The van der Waals surface area contributed by atoms with Gasteiger partial charge in [-0.05, 0) is 68.0 Å². The normalized spacial score (nSPS) is 11.4. The van der Waals surface area contributed by atoms with Crippen molar-refractivity contribution in [3.63, 3.8) is 0 Å². The molecule has 3 aromatic carbocycles. The predicted molar refractivity (Wildman–Crippen MR) is 165 cm³/mol. The average Bonchev–Trinajstić information content (AvgIpc) is 3.40. The van der Waals surface area contributed by atoms with Crippen LogP contribution in [0.5, 0.6) is 0 Å². The van der Waals surface area contributed by atoms with E-state index in [-0.39, 0.29) is 56.9 Å². The van der Waals surface area contributed by atoms with Crippen LogP contribution in [-0.4, -0.2) is 76.2 Å². The van der Waals surface area contributed by atoms with Gasteiger partial charge in [-0.25, -0.2) is 9.78 Å². The number of hydrogen-bond acceptors (Lipinski definition) is 6. The summed E-state index contributed by atoms with van der Waals surface area (Å²) in [7, 11) is 0. The Balaban J connectivity index is 0.00000405. The van der Waals surface area contributed by atoms with Crippen LogP contribution in [0.25, 0.3) is 28.2 Å². The van der Waals surface area contributed by atoms with E-state index in [1.165, 1.54) is 0 Å². The van der Waals surface area contributed by atoms with Gasteiger partial charge in [-0.1, -0.05) is 79.2 Å². The zero-order valence-electron chi connectivity index (χ0n) is 24.8. The molecule has 2 aromatic heterocycles. The topological polar surface area (TPSA) is 114 Å². The SMILES string of the molecule is CCCCc1nc(C)n(-c2cccc(C(C)(C)O)c2)c(=O)c1Cc1ccc(-c2ccccc2-c2noc(=O)[nH]2)cc1.[K]. The summed E-state index contributed by atoms with van der Waals surface area (Å²) in [6.45, 7) is 7.44. The van der Waals surface area contributed by atoms with Gasteiger partial charge in [0.1, 0.15) is 5.82 Å². The molecule has 5 rings (SSSR count). The second-order valence-electron chi connectivity index (χ2n) is 10.8. The smallest absolute Gasteiger partial charge is 0.386 e. The van der Waals surface area contributed by atoms with Crippen molar-refractivity contribution in [2.24, 2.45) is 0 Å². The number of aryl methyl sites for hydroxylation is 2. The van der Waals surface area contributed by atoms with Crippen LogP contribution in [0.15, 0.2) is 86.9 Å². The minimum Gasteiger partial charge on any atom is -0.386 e. The van der Waals surface area contributed by atoms with Crippen LogP contribution < -0.4 is 11.3 Å². The van der Waals surface area contributed by atoms with Crippen molar-refractivity contribution < 1.29 is 9.63 Å². The molecule has 0 aliphatic heterocycles. The summed E-state index contributed by atoms with van der Waals surface area (Å²) < 4.78 is 6.35. The zero-order valence-corrected chi connectivity index (χ0v) is 27.9. The maximum atomic E-state index is 14.0. The minimum atomic E-state index is -1.03. The van der Waals surface area contributed by atoms with Gasteiger partial charge in [-0.2, -0.15) is 0 Å². The molecule has 8 nitrogen and oxygen atoms in total. The Morgan fingerprint density at radius 2 is 1.69 bits per heavy atom. The van der Waals surface area contributed by atoms with E-state index >= 15 is 0 Å². The number of aromatic amines is 1. The van der Waals surface area contributed by atoms with Gasteiger partial charge in [0, 0.05) is 68.9 Å². The average molecular weight is 590 g/mol. The maximum absolute atomic E-state index is 14.0. The summed E-state index contributed by atoms with van der Waals surface area (Å²) in [5.41, 5.74) is 5.37. The molecular weight excluding hydrogens is 555 g/mol. The number of aliphatic hydroxyl groups is 1. The third-order valence-electron chi connectivity index (χ3n) is 7.28. The first-order valence-corrected chi connectivity index (χ1v) is 13.8. The van der Waals surface area contributed by atoms with Crippen LogP contribution in [-0.2, 0) is 18.4 Å². The Morgan fingerprint density at radius 1 is 0.976 bits per heavy atom. The van der Waals surface area contributed by atoms with Gasteiger partial charge in [0.25, 0.3) is 5.56 Å². The van der Waals surface area contributed by atoms with Crippen molar-refractivity contribution in [3.8, 4) is 28.2 Å². The fraction of sp³-hybridized carbons (Fsp3) is 0.273. The largest absolute Gasteiger partial charge is 0.439 e. The third kappa shape index (κ3) is 6.99. The van der Waals surface area contributed by atoms with Crippen molar-refractivity contribution >= 4 is 51.4 Å². The third-order valence-corrected chi connectivity index (χ3v) is 7.28. The van der Waals surface area contributed by atoms with Gasteiger partial charge >= 0.3 is 5.76 Å². The summed E-state index contributed by atoms with van der Waals surface area (Å²) in [5.74, 6) is 0.388. The number of nitrogens with one attached hydrogen (secondary N) is 1. The zero-order chi connectivity index (χ0) is 29.1. The van der Waals surface area contributed by atoms with Crippen LogP contribution in [0.1, 0.15) is 61.8 Å². The fourth-order valence-electron chi connectivity index (χ4n) is 5.07. The quantitative estimate of drug-likeness (QED) is 0.225. The standard InChI is InChI=1S/C33H34N4O4.K/c1-5-6-14-29-28(31(38)37(21(2)34-29)25-11-9-10-24(20-25)33(3,4)40)19-22-15-17-23(18-16-22)26-12-7-8-13-27(26)30-35-32(39)41-36-30;/h7-13,15-18,20,40H,5-6,14,19H2,1-4H3,(H,35,36,39);. The molecule has 0 fully saturated rings. The number of hydrogen-bond donors (Lipinski definition) is 2. The Kier molecular flexibility index (Phi) is 10.3. The van der Waals surface area contributed by atoms with E-state index in [0.717, 1.165) is 52.8 Å².